The summed E-state index contributed by atoms with van der Waals surface area (Å²) in [4.78, 5) is 27.7. The predicted octanol–water partition coefficient (Wildman–Crippen LogP) is 3.51. The van der Waals surface area contributed by atoms with Crippen LogP contribution < -0.4 is 10.9 Å². The minimum Gasteiger partial charge on any atom is -0.465 e. The molecular weight excluding hydrogens is 443 g/mol. The Morgan fingerprint density at radius 2 is 2.18 bits per heavy atom. The van der Waals surface area contributed by atoms with Crippen molar-refractivity contribution in [2.75, 3.05) is 25.5 Å². The number of methoxy groups -OCH3 is 1. The Balaban J connectivity index is 1.79. The molecule has 3 heterocycles. The SMILES string of the molecule is COC(C)c1ccc(Nc2nn([C@@]3(CC#N)CCN(C(=O)O)C[C@H]3F)c3cc[nH]c(=O)c23)cc1. The van der Waals surface area contributed by atoms with E-state index in [-0.39, 0.29) is 43.2 Å². The van der Waals surface area contributed by atoms with E-state index in [1.165, 1.54) is 10.9 Å². The van der Waals surface area contributed by atoms with E-state index in [1.807, 2.05) is 37.3 Å². The van der Waals surface area contributed by atoms with E-state index >= 15 is 4.39 Å². The average molecular weight is 468 g/mol. The first-order valence-electron chi connectivity index (χ1n) is 10.8. The lowest BCUT2D eigenvalue weighted by atomic mass is 9.83. The van der Waals surface area contributed by atoms with E-state index in [0.29, 0.717) is 11.2 Å². The smallest absolute Gasteiger partial charge is 0.407 e. The van der Waals surface area contributed by atoms with Gasteiger partial charge in [-0.05, 0) is 37.1 Å². The number of halogens is 1. The van der Waals surface area contributed by atoms with Gasteiger partial charge in [0.15, 0.2) is 5.82 Å². The fourth-order valence-electron chi connectivity index (χ4n) is 4.38. The monoisotopic (exact) mass is 468 g/mol. The number of amides is 1. The lowest BCUT2D eigenvalue weighted by molar-refractivity contribution is 0.0170. The molecule has 11 heteroatoms. The molecule has 0 aliphatic carbocycles. The number of ether oxygens (including phenoxy) is 1. The van der Waals surface area contributed by atoms with Gasteiger partial charge in [-0.3, -0.25) is 9.48 Å². The van der Waals surface area contributed by atoms with Crippen molar-refractivity contribution >= 4 is 28.5 Å². The number of aromatic amines is 1. The van der Waals surface area contributed by atoms with Gasteiger partial charge in [0.25, 0.3) is 5.56 Å². The van der Waals surface area contributed by atoms with E-state index < -0.39 is 23.4 Å². The molecule has 10 nitrogen and oxygen atoms in total. The molecule has 0 bridgehead atoms. The summed E-state index contributed by atoms with van der Waals surface area (Å²) in [6.45, 7) is 1.59. The zero-order valence-corrected chi connectivity index (χ0v) is 18.8. The summed E-state index contributed by atoms with van der Waals surface area (Å²) in [7, 11) is 1.62. The molecule has 1 aliphatic heterocycles. The first kappa shape index (κ1) is 23.3. The van der Waals surface area contributed by atoms with E-state index in [9.17, 15) is 20.0 Å². The zero-order chi connectivity index (χ0) is 24.5. The molecule has 3 atom stereocenters. The lowest BCUT2D eigenvalue weighted by Crippen LogP contribution is -2.56. The van der Waals surface area contributed by atoms with Crippen LogP contribution >= 0.6 is 0 Å². The quantitative estimate of drug-likeness (QED) is 0.504. The molecule has 1 aliphatic rings. The van der Waals surface area contributed by atoms with Crippen LogP contribution in [-0.4, -0.2) is 57.2 Å². The van der Waals surface area contributed by atoms with Gasteiger partial charge in [0.05, 0.1) is 30.7 Å². The minimum atomic E-state index is -1.69. The Bertz CT molecular complexity index is 1300. The normalized spacial score (nSPS) is 21.2. The summed E-state index contributed by atoms with van der Waals surface area (Å²) >= 11 is 0. The molecule has 34 heavy (non-hydrogen) atoms. The summed E-state index contributed by atoms with van der Waals surface area (Å²) in [6, 6.07) is 11.0. The van der Waals surface area contributed by atoms with Gasteiger partial charge in [0.1, 0.15) is 17.1 Å². The predicted molar refractivity (Wildman–Crippen MR) is 123 cm³/mol. The standard InChI is InChI=1S/C23H25FN6O4/c1-14(34-2)15-3-5-16(6-4-15)27-20-19-17(7-11-26-21(19)31)30(28-20)23(8-10-25)9-12-29(22(32)33)13-18(23)24/h3-7,11,14,18H,8-9,12-13H2,1-2H3,(H,26,31)(H,27,28)(H,32,33)/t14?,18-,23+/m1/s1. The number of likely N-dealkylation sites (tertiary alicyclic amines) is 1. The minimum absolute atomic E-state index is 0.0423. The highest BCUT2D eigenvalue weighted by Crippen LogP contribution is 2.39. The number of aromatic nitrogens is 3. The first-order valence-corrected chi connectivity index (χ1v) is 10.8. The molecule has 1 unspecified atom stereocenters. The number of benzene rings is 1. The highest BCUT2D eigenvalue weighted by molar-refractivity contribution is 5.91. The van der Waals surface area contributed by atoms with E-state index in [0.717, 1.165) is 10.5 Å². The number of fused-ring (bicyclic) bond motifs is 1. The molecule has 1 fully saturated rings. The number of piperidine rings is 1. The molecule has 3 aromatic rings. The number of nitrogens with zero attached hydrogens (tertiary/aromatic N) is 4. The van der Waals surface area contributed by atoms with Crippen LogP contribution in [0.2, 0.25) is 0 Å². The Morgan fingerprint density at radius 3 is 2.79 bits per heavy atom. The molecule has 0 spiro atoms. The molecule has 3 N–H and O–H groups in total. The maximum absolute atomic E-state index is 15.6. The molecule has 4 rings (SSSR count). The number of rotatable bonds is 6. The van der Waals surface area contributed by atoms with E-state index in [2.05, 4.69) is 15.4 Å². The van der Waals surface area contributed by atoms with Gasteiger partial charge in [-0.2, -0.15) is 10.4 Å². The van der Waals surface area contributed by atoms with Crippen molar-refractivity contribution in [1.82, 2.24) is 19.7 Å². The number of H-pyrrole nitrogens is 1. The lowest BCUT2D eigenvalue weighted by Gasteiger charge is -2.42. The third-order valence-electron chi connectivity index (χ3n) is 6.46. The molecule has 2 aromatic heterocycles. The van der Waals surface area contributed by atoms with Crippen LogP contribution in [0.1, 0.15) is 31.4 Å². The summed E-state index contributed by atoms with van der Waals surface area (Å²) in [5.41, 5.74) is 0.164. The largest absolute Gasteiger partial charge is 0.465 e. The molecule has 1 amide bonds. The van der Waals surface area contributed by atoms with Crippen LogP contribution in [0.4, 0.5) is 20.7 Å². The fourth-order valence-corrected chi connectivity index (χ4v) is 4.38. The van der Waals surface area contributed by atoms with Crippen molar-refractivity contribution in [3.05, 3.63) is 52.4 Å². The van der Waals surface area contributed by atoms with Gasteiger partial charge in [-0.1, -0.05) is 12.1 Å². The Hall–Kier alpha value is -3.91. The third kappa shape index (κ3) is 3.97. The van der Waals surface area contributed by atoms with Gasteiger partial charge < -0.3 is 25.0 Å². The van der Waals surface area contributed by atoms with Crippen LogP contribution in [0, 0.1) is 11.3 Å². The van der Waals surface area contributed by atoms with Crippen LogP contribution in [0.5, 0.6) is 0 Å². The second-order valence-corrected chi connectivity index (χ2v) is 8.34. The van der Waals surface area contributed by atoms with Crippen LogP contribution in [0.25, 0.3) is 10.9 Å². The molecule has 0 saturated carbocycles. The Labute approximate surface area is 194 Å². The maximum Gasteiger partial charge on any atom is 0.407 e. The summed E-state index contributed by atoms with van der Waals surface area (Å²) in [6.07, 6.45) is -1.74. The number of anilines is 2. The van der Waals surface area contributed by atoms with Gasteiger partial charge in [-0.25, -0.2) is 9.18 Å². The maximum atomic E-state index is 15.6. The van der Waals surface area contributed by atoms with Crippen molar-refractivity contribution in [3.8, 4) is 6.07 Å². The molecule has 1 saturated heterocycles. The molecule has 0 radical (unpaired) electrons. The van der Waals surface area contributed by atoms with Crippen molar-refractivity contribution < 1.29 is 19.0 Å². The second kappa shape index (κ2) is 9.15. The molecule has 178 valence electrons. The van der Waals surface area contributed by atoms with E-state index in [4.69, 9.17) is 4.74 Å². The zero-order valence-electron chi connectivity index (χ0n) is 18.8. The number of nitrogens with one attached hydrogen (secondary N) is 2. The van der Waals surface area contributed by atoms with Crippen molar-refractivity contribution in [1.29, 1.82) is 5.26 Å². The van der Waals surface area contributed by atoms with Crippen molar-refractivity contribution in [2.24, 2.45) is 0 Å². The number of nitriles is 1. The highest BCUT2D eigenvalue weighted by Gasteiger charge is 2.48. The van der Waals surface area contributed by atoms with Crippen LogP contribution in [-0.2, 0) is 10.3 Å². The van der Waals surface area contributed by atoms with Crippen LogP contribution in [0.15, 0.2) is 41.3 Å². The topological polar surface area (TPSA) is 136 Å². The Morgan fingerprint density at radius 1 is 1.44 bits per heavy atom. The van der Waals surface area contributed by atoms with Crippen molar-refractivity contribution in [2.45, 2.75) is 37.6 Å². The van der Waals surface area contributed by atoms with Gasteiger partial charge in [0, 0.05) is 25.5 Å². The van der Waals surface area contributed by atoms with Crippen LogP contribution in [0.3, 0.4) is 0 Å². The summed E-state index contributed by atoms with van der Waals surface area (Å²) in [5.74, 6) is 0.217. The number of hydrogen-bond donors (Lipinski definition) is 3. The van der Waals surface area contributed by atoms with Gasteiger partial charge in [-0.15, -0.1) is 0 Å². The number of carboxylic acid groups (broad SMARTS) is 1. The van der Waals surface area contributed by atoms with Gasteiger partial charge in [0.2, 0.25) is 0 Å². The number of carbonyl (C=O) groups is 1. The average Bonchev–Trinajstić information content (AvgIpc) is 3.20. The summed E-state index contributed by atoms with van der Waals surface area (Å²) in [5, 5.41) is 26.7. The first-order chi connectivity index (χ1) is 16.3. The highest BCUT2D eigenvalue weighted by atomic mass is 19.1. The fraction of sp³-hybridized carbons (Fsp3) is 0.391. The van der Waals surface area contributed by atoms with E-state index in [1.54, 1.807) is 13.2 Å². The summed E-state index contributed by atoms with van der Waals surface area (Å²) < 4.78 is 22.3. The Kier molecular flexibility index (Phi) is 6.26. The second-order valence-electron chi connectivity index (χ2n) is 8.34. The number of alkyl halides is 1. The third-order valence-corrected chi connectivity index (χ3v) is 6.46. The molecule has 1 aromatic carbocycles. The number of pyridine rings is 1. The van der Waals surface area contributed by atoms with Crippen molar-refractivity contribution in [3.63, 3.8) is 0 Å². The molecular formula is C23H25FN6O4. The van der Waals surface area contributed by atoms with Gasteiger partial charge >= 0.3 is 6.09 Å². The number of hydrogen-bond acceptors (Lipinski definition) is 6.